The van der Waals surface area contributed by atoms with Gasteiger partial charge in [-0.25, -0.2) is 18.6 Å². The fourth-order valence-electron chi connectivity index (χ4n) is 3.56. The molecule has 0 aromatic carbocycles. The summed E-state index contributed by atoms with van der Waals surface area (Å²) in [4.78, 5) is 26.4. The molecule has 6 nitrogen and oxygen atoms in total. The maximum absolute atomic E-state index is 13.9. The fourth-order valence-corrected chi connectivity index (χ4v) is 5.82. The summed E-state index contributed by atoms with van der Waals surface area (Å²) in [6.07, 6.45) is 3.93. The third-order valence-electron chi connectivity index (χ3n) is 4.89. The molecule has 0 atom stereocenters. The van der Waals surface area contributed by atoms with Crippen LogP contribution in [0.15, 0.2) is 17.0 Å². The Morgan fingerprint density at radius 1 is 1.23 bits per heavy atom. The van der Waals surface area contributed by atoms with Gasteiger partial charge in [-0.2, -0.15) is 0 Å². The molecule has 0 aliphatic heterocycles. The van der Waals surface area contributed by atoms with Crippen LogP contribution >= 0.6 is 22.7 Å². The van der Waals surface area contributed by atoms with Gasteiger partial charge in [-0.1, -0.05) is 6.08 Å². The molecule has 1 amide bonds. The molecule has 0 saturated heterocycles. The van der Waals surface area contributed by atoms with Crippen LogP contribution in [0.25, 0.3) is 10.6 Å². The third-order valence-corrected chi connectivity index (χ3v) is 7.02. The van der Waals surface area contributed by atoms with Crippen molar-refractivity contribution >= 4 is 39.7 Å². The molecule has 3 N–H and O–H groups in total. The minimum Gasteiger partial charge on any atom is -0.450 e. The lowest BCUT2D eigenvalue weighted by Crippen LogP contribution is -2.24. The summed E-state index contributed by atoms with van der Waals surface area (Å²) in [6, 6.07) is 0. The Labute approximate surface area is 180 Å². The highest BCUT2D eigenvalue weighted by Gasteiger charge is 2.38. The number of nitrogens with zero attached hydrogens (tertiary/aromatic N) is 1. The van der Waals surface area contributed by atoms with E-state index in [4.69, 9.17) is 15.0 Å². The molecule has 0 saturated carbocycles. The molecule has 10 heteroatoms. The van der Waals surface area contributed by atoms with Crippen molar-refractivity contribution in [1.82, 2.24) is 4.98 Å². The summed E-state index contributed by atoms with van der Waals surface area (Å²) in [7, 11) is 0. The number of halogens is 2. The zero-order chi connectivity index (χ0) is 21.9. The Balaban J connectivity index is 0.000000589. The molecular weight excluding hydrogens is 434 g/mol. The second kappa shape index (κ2) is 9.22. The minimum absolute atomic E-state index is 0.107. The summed E-state index contributed by atoms with van der Waals surface area (Å²) in [5, 5.41) is 20.4. The second-order valence-corrected chi connectivity index (χ2v) is 9.21. The van der Waals surface area contributed by atoms with Gasteiger partial charge in [0, 0.05) is 39.9 Å². The maximum Gasteiger partial charge on any atom is 0.503 e. The molecule has 4 rings (SSSR count). The van der Waals surface area contributed by atoms with E-state index in [0.29, 0.717) is 16.3 Å². The van der Waals surface area contributed by atoms with Crippen molar-refractivity contribution in [2.24, 2.45) is 0 Å². The number of carboxylic acid groups (broad SMARTS) is 2. The van der Waals surface area contributed by atoms with Crippen LogP contribution in [0.4, 0.5) is 18.6 Å². The first-order valence-corrected chi connectivity index (χ1v) is 11.2. The SMILES string of the molecule is Cc1csc(-c2c(NC(=O)C3=CCCCC3)sc3c2CCC(F)(F)C3)n1.O=C(O)O. The molecule has 2 aromatic heterocycles. The molecular formula is C20H22F2N2O4S2. The van der Waals surface area contributed by atoms with Gasteiger partial charge in [0.15, 0.2) is 0 Å². The van der Waals surface area contributed by atoms with Crippen molar-refractivity contribution in [2.45, 2.75) is 57.8 Å². The molecule has 2 aliphatic carbocycles. The average Bonchev–Trinajstić information content (AvgIpc) is 3.23. The van der Waals surface area contributed by atoms with Crippen LogP contribution in [0.2, 0.25) is 0 Å². The van der Waals surface area contributed by atoms with Gasteiger partial charge >= 0.3 is 6.16 Å². The van der Waals surface area contributed by atoms with Gasteiger partial charge in [0.05, 0.1) is 0 Å². The Hall–Kier alpha value is -2.33. The van der Waals surface area contributed by atoms with E-state index < -0.39 is 12.1 Å². The Morgan fingerprint density at radius 2 is 1.97 bits per heavy atom. The molecule has 162 valence electrons. The number of carbonyl (C=O) groups is 2. The van der Waals surface area contributed by atoms with Crippen molar-refractivity contribution < 1.29 is 28.6 Å². The lowest BCUT2D eigenvalue weighted by Gasteiger charge is -2.21. The quantitative estimate of drug-likeness (QED) is 0.529. The van der Waals surface area contributed by atoms with E-state index in [1.807, 2.05) is 18.4 Å². The summed E-state index contributed by atoms with van der Waals surface area (Å²) in [5.41, 5.74) is 3.49. The largest absolute Gasteiger partial charge is 0.503 e. The summed E-state index contributed by atoms with van der Waals surface area (Å²) in [6.45, 7) is 1.91. The third kappa shape index (κ3) is 5.42. The number of thiazole rings is 1. The van der Waals surface area contributed by atoms with Gasteiger partial charge in [-0.05, 0) is 44.6 Å². The van der Waals surface area contributed by atoms with Crippen molar-refractivity contribution in [3.05, 3.63) is 33.2 Å². The standard InChI is InChI=1S/C19H20F2N2OS2.CH2O3/c1-11-10-25-17(22-11)15-13-7-8-19(20,21)9-14(13)26-18(15)23-16(24)12-5-3-2-4-6-12;2-1(3)4/h5,10H,2-4,6-9H2,1H3,(H,23,24);(H2,2,3,4). The highest BCUT2D eigenvalue weighted by molar-refractivity contribution is 7.18. The number of allylic oxidation sites excluding steroid dienone is 1. The van der Waals surface area contributed by atoms with Crippen LogP contribution in [0.5, 0.6) is 0 Å². The normalized spacial score (nSPS) is 17.2. The van der Waals surface area contributed by atoms with E-state index in [1.54, 1.807) is 0 Å². The van der Waals surface area contributed by atoms with Crippen LogP contribution in [0.1, 0.15) is 48.2 Å². The Morgan fingerprint density at radius 3 is 2.57 bits per heavy atom. The number of amides is 1. The molecule has 2 aromatic rings. The van der Waals surface area contributed by atoms with Gasteiger partial charge in [0.25, 0.3) is 11.8 Å². The number of hydrogen-bond acceptors (Lipinski definition) is 5. The number of anilines is 1. The number of hydrogen-bond donors (Lipinski definition) is 3. The van der Waals surface area contributed by atoms with Crippen LogP contribution < -0.4 is 5.32 Å². The maximum atomic E-state index is 13.9. The first-order valence-electron chi connectivity index (χ1n) is 9.53. The van der Waals surface area contributed by atoms with E-state index in [2.05, 4.69) is 10.3 Å². The van der Waals surface area contributed by atoms with E-state index in [9.17, 15) is 13.6 Å². The summed E-state index contributed by atoms with van der Waals surface area (Å²) < 4.78 is 27.8. The smallest absolute Gasteiger partial charge is 0.450 e. The van der Waals surface area contributed by atoms with Gasteiger partial charge in [0.2, 0.25) is 0 Å². The predicted molar refractivity (Wildman–Crippen MR) is 113 cm³/mol. The second-order valence-electron chi connectivity index (χ2n) is 7.25. The van der Waals surface area contributed by atoms with Gasteiger partial charge in [0.1, 0.15) is 10.0 Å². The number of fused-ring (bicyclic) bond motifs is 1. The van der Waals surface area contributed by atoms with Crippen LogP contribution in [-0.2, 0) is 17.6 Å². The lowest BCUT2D eigenvalue weighted by molar-refractivity contribution is -0.113. The van der Waals surface area contributed by atoms with Gasteiger partial charge < -0.3 is 15.5 Å². The van der Waals surface area contributed by atoms with E-state index in [1.165, 1.54) is 22.7 Å². The number of alkyl halides is 2. The van der Waals surface area contributed by atoms with Crippen molar-refractivity contribution in [3.8, 4) is 10.6 Å². The van der Waals surface area contributed by atoms with Crippen LogP contribution in [-0.4, -0.2) is 33.2 Å². The molecule has 0 unspecified atom stereocenters. The average molecular weight is 457 g/mol. The van der Waals surface area contributed by atoms with Gasteiger partial charge in [-0.3, -0.25) is 4.79 Å². The molecule has 0 radical (unpaired) electrons. The number of carbonyl (C=O) groups excluding carboxylic acids is 1. The van der Waals surface area contributed by atoms with E-state index >= 15 is 0 Å². The van der Waals surface area contributed by atoms with Crippen LogP contribution in [0, 0.1) is 6.92 Å². The predicted octanol–water partition coefficient (Wildman–Crippen LogP) is 5.97. The first-order chi connectivity index (χ1) is 14.2. The van der Waals surface area contributed by atoms with E-state index in [0.717, 1.165) is 53.1 Å². The first kappa shape index (κ1) is 22.4. The molecule has 0 spiro atoms. The van der Waals surface area contributed by atoms with E-state index in [-0.39, 0.29) is 18.7 Å². The number of aryl methyl sites for hydroxylation is 1. The van der Waals surface area contributed by atoms with Crippen molar-refractivity contribution in [3.63, 3.8) is 0 Å². The van der Waals surface area contributed by atoms with Gasteiger partial charge in [-0.15, -0.1) is 22.7 Å². The number of thiophene rings is 1. The highest BCUT2D eigenvalue weighted by Crippen LogP contribution is 2.48. The Bertz CT molecular complexity index is 978. The number of rotatable bonds is 3. The summed E-state index contributed by atoms with van der Waals surface area (Å²) in [5.74, 6) is -2.77. The fraction of sp³-hybridized carbons (Fsp3) is 0.450. The molecule has 2 heterocycles. The summed E-state index contributed by atoms with van der Waals surface area (Å²) >= 11 is 2.79. The zero-order valence-electron chi connectivity index (χ0n) is 16.3. The zero-order valence-corrected chi connectivity index (χ0v) is 18.0. The molecule has 30 heavy (non-hydrogen) atoms. The highest BCUT2D eigenvalue weighted by atomic mass is 32.1. The monoisotopic (exact) mass is 456 g/mol. The lowest BCUT2D eigenvalue weighted by atomic mass is 9.93. The van der Waals surface area contributed by atoms with Crippen LogP contribution in [0.3, 0.4) is 0 Å². The number of nitrogens with one attached hydrogen (secondary N) is 1. The Kier molecular flexibility index (Phi) is 6.87. The topological polar surface area (TPSA) is 99.5 Å². The van der Waals surface area contributed by atoms with Crippen molar-refractivity contribution in [2.75, 3.05) is 5.32 Å². The minimum atomic E-state index is -2.67. The molecule has 2 aliphatic rings. The molecule has 0 bridgehead atoms. The molecule has 0 fully saturated rings. The number of aromatic nitrogens is 1. The van der Waals surface area contributed by atoms with Crippen molar-refractivity contribution in [1.29, 1.82) is 0 Å².